The van der Waals surface area contributed by atoms with Gasteiger partial charge in [-0.2, -0.15) is 0 Å². The molecule has 0 bridgehead atoms. The summed E-state index contributed by atoms with van der Waals surface area (Å²) in [6.07, 6.45) is 24.7. The van der Waals surface area contributed by atoms with Gasteiger partial charge < -0.3 is 18.6 Å². The zero-order valence-electron chi connectivity index (χ0n) is 35.5. The summed E-state index contributed by atoms with van der Waals surface area (Å²) in [4.78, 5) is 0. The molecule has 4 aromatic rings. The Morgan fingerprint density at radius 1 is 0.509 bits per heavy atom. The first-order chi connectivity index (χ1) is 26.0. The Morgan fingerprint density at radius 3 is 1.22 bits per heavy atom. The minimum atomic E-state index is -0.400. The van der Waals surface area contributed by atoms with Gasteiger partial charge in [0.15, 0.2) is 0 Å². The zero-order chi connectivity index (χ0) is 39.2. The number of nitrogens with zero attached hydrogens (tertiary/aromatic N) is 4. The van der Waals surface area contributed by atoms with E-state index in [1.807, 2.05) is 0 Å². The molecular formula is C45H66B2N4O4+2. The molecule has 10 heteroatoms. The van der Waals surface area contributed by atoms with Crippen molar-refractivity contribution in [3.63, 3.8) is 0 Å². The van der Waals surface area contributed by atoms with Crippen molar-refractivity contribution in [2.75, 3.05) is 0 Å². The van der Waals surface area contributed by atoms with Crippen molar-refractivity contribution in [2.45, 2.75) is 161 Å². The van der Waals surface area contributed by atoms with Crippen molar-refractivity contribution in [1.29, 1.82) is 0 Å². The first-order valence-corrected chi connectivity index (χ1v) is 21.0. The normalized spacial score (nSPS) is 20.0. The molecule has 3 aliphatic rings. The van der Waals surface area contributed by atoms with Gasteiger partial charge in [0.1, 0.15) is 24.8 Å². The third kappa shape index (κ3) is 8.03. The number of fused-ring (bicyclic) bond motifs is 3. The van der Waals surface area contributed by atoms with Crippen LogP contribution in [0.3, 0.4) is 0 Å². The molecule has 1 aliphatic carbocycles. The molecule has 0 radical (unpaired) electrons. The Labute approximate surface area is 331 Å². The molecule has 294 valence electrons. The quantitative estimate of drug-likeness (QED) is 0.0698. The van der Waals surface area contributed by atoms with Crippen molar-refractivity contribution < 1.29 is 27.8 Å². The lowest BCUT2D eigenvalue weighted by Crippen LogP contribution is -2.41. The van der Waals surface area contributed by atoms with E-state index in [0.717, 1.165) is 36.9 Å². The van der Waals surface area contributed by atoms with Crippen molar-refractivity contribution in [3.8, 4) is 11.1 Å². The SMILES string of the molecule is C[n+]1ccn(CCCCCCC2(CCCCCCn3cc[n+](C)c3)c3cc(B4OC(C)(C)C(C)(C)O4)ccc3-c3ccc(B4OC(C)(C)C(C)(C)O4)cc32)c1. The van der Waals surface area contributed by atoms with Gasteiger partial charge in [-0.25, -0.2) is 18.3 Å². The number of benzene rings is 2. The van der Waals surface area contributed by atoms with Gasteiger partial charge in [-0.3, -0.25) is 0 Å². The standard InChI is InChI=1S/C45H66B2N4O4/c1-41(2)42(3,4)53-46(52-41)35-19-21-37-38-22-20-36(47-54-43(5,6)44(7,8)55-47)32-40(38)45(39(37)31-35,23-15-11-13-17-25-50-29-27-48(9)33-50)24-16-12-14-18-26-51-30-28-49(10)34-51/h19-22,27-34H,11-18,23-26H2,1-10H3/q+2. The molecule has 55 heavy (non-hydrogen) atoms. The number of rotatable bonds is 16. The monoisotopic (exact) mass is 749 g/mol. The second-order valence-corrected chi connectivity index (χ2v) is 18.8. The molecular weight excluding hydrogens is 682 g/mol. The van der Waals surface area contributed by atoms with E-state index in [0.29, 0.717) is 0 Å². The molecule has 8 nitrogen and oxygen atoms in total. The number of hydrogen-bond acceptors (Lipinski definition) is 4. The highest BCUT2D eigenvalue weighted by atomic mass is 16.7. The van der Waals surface area contributed by atoms with Crippen LogP contribution in [0, 0.1) is 0 Å². The molecule has 0 amide bonds. The predicted molar refractivity (Wildman–Crippen MR) is 221 cm³/mol. The van der Waals surface area contributed by atoms with Crippen LogP contribution in [-0.2, 0) is 51.2 Å². The van der Waals surface area contributed by atoms with Gasteiger partial charge in [-0.1, -0.05) is 62.1 Å². The van der Waals surface area contributed by atoms with Crippen LogP contribution < -0.4 is 20.1 Å². The minimum Gasteiger partial charge on any atom is -0.399 e. The summed E-state index contributed by atoms with van der Waals surface area (Å²) in [5, 5.41) is 0. The van der Waals surface area contributed by atoms with Gasteiger partial charge in [-0.15, -0.1) is 0 Å². The summed E-state index contributed by atoms with van der Waals surface area (Å²) >= 11 is 0. The average molecular weight is 749 g/mol. The molecule has 2 aliphatic heterocycles. The van der Waals surface area contributed by atoms with Gasteiger partial charge in [-0.05, 0) is 127 Å². The molecule has 2 fully saturated rings. The van der Waals surface area contributed by atoms with Gasteiger partial charge in [0.25, 0.3) is 0 Å². The summed E-state index contributed by atoms with van der Waals surface area (Å²) in [6, 6.07) is 14.1. The lowest BCUT2D eigenvalue weighted by atomic mass is 9.67. The molecule has 0 saturated carbocycles. The maximum absolute atomic E-state index is 6.65. The predicted octanol–water partition coefficient (Wildman–Crippen LogP) is 7.10. The Hall–Kier alpha value is -3.17. The van der Waals surface area contributed by atoms with E-state index in [-0.39, 0.29) is 5.41 Å². The molecule has 0 N–H and O–H groups in total. The van der Waals surface area contributed by atoms with Gasteiger partial charge in [0.05, 0.1) is 49.6 Å². The molecule has 0 spiro atoms. The molecule has 2 aromatic heterocycles. The Kier molecular flexibility index (Phi) is 11.1. The largest absolute Gasteiger partial charge is 0.494 e. The van der Waals surface area contributed by atoms with E-state index in [1.54, 1.807) is 0 Å². The summed E-state index contributed by atoms with van der Waals surface area (Å²) in [7, 11) is 3.38. The molecule has 4 heterocycles. The van der Waals surface area contributed by atoms with Crippen LogP contribution in [0.1, 0.15) is 131 Å². The molecule has 2 aromatic carbocycles. The van der Waals surface area contributed by atoms with E-state index < -0.39 is 36.6 Å². The van der Waals surface area contributed by atoms with Crippen LogP contribution in [0.15, 0.2) is 73.8 Å². The van der Waals surface area contributed by atoms with E-state index >= 15 is 0 Å². The van der Waals surface area contributed by atoms with Crippen LogP contribution >= 0.6 is 0 Å². The smallest absolute Gasteiger partial charge is 0.399 e. The van der Waals surface area contributed by atoms with Crippen molar-refractivity contribution in [3.05, 3.63) is 85.0 Å². The van der Waals surface area contributed by atoms with Crippen LogP contribution in [0.2, 0.25) is 0 Å². The highest BCUT2D eigenvalue weighted by molar-refractivity contribution is 6.62. The third-order valence-electron chi connectivity index (χ3n) is 13.6. The molecule has 7 rings (SSSR count). The summed E-state index contributed by atoms with van der Waals surface area (Å²) < 4.78 is 35.4. The third-order valence-corrected chi connectivity index (χ3v) is 13.6. The molecule has 0 unspecified atom stereocenters. The first-order valence-electron chi connectivity index (χ1n) is 21.0. The average Bonchev–Trinajstić information content (AvgIpc) is 3.89. The van der Waals surface area contributed by atoms with Gasteiger partial charge >= 0.3 is 14.2 Å². The lowest BCUT2D eigenvalue weighted by molar-refractivity contribution is -0.671. The maximum atomic E-state index is 6.65. The fourth-order valence-electron chi connectivity index (χ4n) is 8.86. The maximum Gasteiger partial charge on any atom is 0.494 e. The molecule has 0 atom stereocenters. The van der Waals surface area contributed by atoms with Crippen molar-refractivity contribution in [1.82, 2.24) is 9.13 Å². The van der Waals surface area contributed by atoms with E-state index in [4.69, 9.17) is 18.6 Å². The summed E-state index contributed by atoms with van der Waals surface area (Å²) in [6.45, 7) is 19.3. The molecule has 2 saturated heterocycles. The Morgan fingerprint density at radius 2 is 0.873 bits per heavy atom. The number of imidazole rings is 2. The van der Waals surface area contributed by atoms with Crippen LogP contribution in [0.4, 0.5) is 0 Å². The van der Waals surface area contributed by atoms with Crippen LogP contribution in [-0.4, -0.2) is 45.8 Å². The van der Waals surface area contributed by atoms with E-state index in [1.165, 1.54) is 73.6 Å². The fourth-order valence-corrected chi connectivity index (χ4v) is 8.86. The Balaban J connectivity index is 1.19. The van der Waals surface area contributed by atoms with Crippen LogP contribution in [0.5, 0.6) is 0 Å². The lowest BCUT2D eigenvalue weighted by Gasteiger charge is -2.33. The Bertz CT molecular complexity index is 1790. The van der Waals surface area contributed by atoms with Crippen LogP contribution in [0.25, 0.3) is 11.1 Å². The second kappa shape index (κ2) is 15.3. The second-order valence-electron chi connectivity index (χ2n) is 18.8. The van der Waals surface area contributed by atoms with Gasteiger partial charge in [0.2, 0.25) is 12.7 Å². The zero-order valence-corrected chi connectivity index (χ0v) is 35.5. The fraction of sp³-hybridized carbons (Fsp3) is 0.600. The summed E-state index contributed by atoms with van der Waals surface area (Å²) in [5.41, 5.74) is 6.05. The number of unbranched alkanes of at least 4 members (excludes halogenated alkanes) is 6. The number of hydrogen-bond donors (Lipinski definition) is 0. The van der Waals surface area contributed by atoms with E-state index in [9.17, 15) is 0 Å². The highest BCUT2D eigenvalue weighted by Crippen LogP contribution is 2.54. The number of aromatic nitrogens is 4. The minimum absolute atomic E-state index is 0.133. The van der Waals surface area contributed by atoms with Gasteiger partial charge in [0, 0.05) is 5.41 Å². The first kappa shape index (κ1) is 40.0. The van der Waals surface area contributed by atoms with Crippen molar-refractivity contribution in [2.24, 2.45) is 14.1 Å². The van der Waals surface area contributed by atoms with E-state index in [2.05, 4.69) is 162 Å². The number of aryl methyl sites for hydroxylation is 4. The highest BCUT2D eigenvalue weighted by Gasteiger charge is 2.54. The summed E-state index contributed by atoms with van der Waals surface area (Å²) in [5.74, 6) is 0. The topological polar surface area (TPSA) is 54.5 Å². The van der Waals surface area contributed by atoms with Crippen molar-refractivity contribution >= 4 is 25.2 Å².